The van der Waals surface area contributed by atoms with E-state index >= 15 is 0 Å². The van der Waals surface area contributed by atoms with E-state index in [1.807, 2.05) is 37.3 Å². The Bertz CT molecular complexity index is 880. The van der Waals surface area contributed by atoms with Gasteiger partial charge >= 0.3 is 11.9 Å². The first-order valence-electron chi connectivity index (χ1n) is 11.7. The molecule has 6 nitrogen and oxygen atoms in total. The quantitative estimate of drug-likeness (QED) is 0.534. The predicted molar refractivity (Wildman–Crippen MR) is 119 cm³/mol. The van der Waals surface area contributed by atoms with Crippen molar-refractivity contribution in [2.45, 2.75) is 70.4 Å². The van der Waals surface area contributed by atoms with Crippen molar-refractivity contribution < 1.29 is 28.9 Å². The number of fused-ring (bicyclic) bond motifs is 4. The van der Waals surface area contributed by atoms with Crippen molar-refractivity contribution in [3.8, 4) is 0 Å². The van der Waals surface area contributed by atoms with Crippen LogP contribution < -0.4 is 0 Å². The Morgan fingerprint density at radius 1 is 1.22 bits per heavy atom. The molecule has 3 fully saturated rings. The largest absolute Gasteiger partial charge is 0.457 e. The van der Waals surface area contributed by atoms with E-state index in [4.69, 9.17) is 14.2 Å². The first-order chi connectivity index (χ1) is 15.2. The molecule has 1 aromatic rings. The average Bonchev–Trinajstić information content (AvgIpc) is 3.28. The van der Waals surface area contributed by atoms with Crippen molar-refractivity contribution in [2.24, 2.45) is 23.7 Å². The number of rotatable bonds is 6. The average molecular weight is 443 g/mol. The van der Waals surface area contributed by atoms with Crippen LogP contribution in [0.15, 0.2) is 36.4 Å². The van der Waals surface area contributed by atoms with E-state index in [0.717, 1.165) is 18.4 Å². The maximum atomic E-state index is 12.9. The molecule has 2 saturated heterocycles. The van der Waals surface area contributed by atoms with Crippen molar-refractivity contribution in [3.63, 3.8) is 0 Å². The third-order valence-electron chi connectivity index (χ3n) is 8.01. The van der Waals surface area contributed by atoms with E-state index < -0.39 is 36.0 Å². The molecule has 32 heavy (non-hydrogen) atoms. The number of aliphatic hydroxyl groups excluding tert-OH is 1. The molecule has 2 heterocycles. The second-order valence-electron chi connectivity index (χ2n) is 10.1. The highest BCUT2D eigenvalue weighted by Crippen LogP contribution is 2.63. The maximum Gasteiger partial charge on any atom is 0.332 e. The van der Waals surface area contributed by atoms with Crippen molar-refractivity contribution in [1.82, 2.24) is 0 Å². The topological polar surface area (TPSA) is 82.1 Å². The van der Waals surface area contributed by atoms with Gasteiger partial charge in [-0.15, -0.1) is 0 Å². The molecule has 2 bridgehead atoms. The summed E-state index contributed by atoms with van der Waals surface area (Å²) >= 11 is 0. The van der Waals surface area contributed by atoms with Crippen molar-refractivity contribution >= 4 is 18.0 Å². The van der Waals surface area contributed by atoms with Gasteiger partial charge in [-0.05, 0) is 49.2 Å². The van der Waals surface area contributed by atoms with Gasteiger partial charge < -0.3 is 19.3 Å². The minimum atomic E-state index is -0.745. The van der Waals surface area contributed by atoms with Crippen LogP contribution in [0.4, 0.5) is 0 Å². The number of esters is 2. The molecular weight excluding hydrogens is 408 g/mol. The lowest BCUT2D eigenvalue weighted by Crippen LogP contribution is -2.62. The van der Waals surface area contributed by atoms with Crippen LogP contribution in [-0.2, 0) is 23.8 Å². The highest BCUT2D eigenvalue weighted by molar-refractivity contribution is 5.87. The number of hydrogen-bond donors (Lipinski definition) is 1. The normalized spacial score (nSPS) is 38.1. The molecule has 0 spiro atoms. The third kappa shape index (κ3) is 3.77. The van der Waals surface area contributed by atoms with Gasteiger partial charge in [0.05, 0.1) is 0 Å². The second kappa shape index (κ2) is 8.64. The van der Waals surface area contributed by atoms with Crippen molar-refractivity contribution in [3.05, 3.63) is 42.0 Å². The summed E-state index contributed by atoms with van der Waals surface area (Å²) in [5.41, 5.74) is -0.474. The third-order valence-corrected chi connectivity index (χ3v) is 8.01. The molecule has 1 saturated carbocycles. The van der Waals surface area contributed by atoms with Crippen LogP contribution in [-0.4, -0.2) is 47.1 Å². The van der Waals surface area contributed by atoms with Gasteiger partial charge in [-0.3, -0.25) is 0 Å². The summed E-state index contributed by atoms with van der Waals surface area (Å²) in [6.07, 6.45) is 4.72. The molecule has 4 rings (SSSR count). The summed E-state index contributed by atoms with van der Waals surface area (Å²) in [5.74, 6) is -0.385. The van der Waals surface area contributed by atoms with Gasteiger partial charge in [-0.25, -0.2) is 9.59 Å². The Morgan fingerprint density at radius 2 is 1.94 bits per heavy atom. The van der Waals surface area contributed by atoms with E-state index in [1.54, 1.807) is 6.08 Å². The van der Waals surface area contributed by atoms with Gasteiger partial charge in [-0.2, -0.15) is 0 Å². The van der Waals surface area contributed by atoms with Crippen LogP contribution in [0.1, 0.15) is 52.5 Å². The molecule has 0 radical (unpaired) electrons. The molecule has 174 valence electrons. The van der Waals surface area contributed by atoms with Gasteiger partial charge in [0.1, 0.15) is 30.0 Å². The Hall–Kier alpha value is -2.18. The Kier molecular flexibility index (Phi) is 6.21. The van der Waals surface area contributed by atoms with Crippen LogP contribution in [0.5, 0.6) is 0 Å². The number of hydrogen-bond acceptors (Lipinski definition) is 6. The lowest BCUT2D eigenvalue weighted by Gasteiger charge is -2.52. The zero-order valence-electron chi connectivity index (χ0n) is 19.3. The standard InChI is InChI=1S/C26H34O6/c1-16(2)26-14-20(30-22(29)15-27)25(4,32-26)19-12-10-17(3)23(19)24(26)31-21(28)13-11-18-8-6-5-7-9-18/h5-9,11,13,16-17,19-20,23-24,27H,10,12,14-15H2,1-4H3/t17-,19-,20-,23+,24-,25+,26-/m1/s1. The molecule has 0 aromatic heterocycles. The Morgan fingerprint density at radius 3 is 2.59 bits per heavy atom. The van der Waals surface area contributed by atoms with E-state index in [1.165, 1.54) is 6.08 Å². The van der Waals surface area contributed by atoms with Gasteiger partial charge in [0.25, 0.3) is 0 Å². The highest BCUT2D eigenvalue weighted by atomic mass is 16.6. The Labute approximate surface area is 189 Å². The summed E-state index contributed by atoms with van der Waals surface area (Å²) in [6.45, 7) is 7.71. The number of carbonyl (C=O) groups is 2. The van der Waals surface area contributed by atoms with Crippen molar-refractivity contribution in [1.29, 1.82) is 0 Å². The smallest absolute Gasteiger partial charge is 0.332 e. The molecule has 3 aliphatic rings. The zero-order valence-corrected chi connectivity index (χ0v) is 19.3. The van der Waals surface area contributed by atoms with Crippen LogP contribution in [0.3, 0.4) is 0 Å². The van der Waals surface area contributed by atoms with Gasteiger partial charge in [0.15, 0.2) is 0 Å². The number of benzene rings is 1. The first-order valence-corrected chi connectivity index (χ1v) is 11.7. The van der Waals surface area contributed by atoms with Gasteiger partial charge in [-0.1, -0.05) is 51.1 Å². The molecule has 6 heteroatoms. The fourth-order valence-electron chi connectivity index (χ4n) is 6.33. The lowest BCUT2D eigenvalue weighted by atomic mass is 9.69. The summed E-state index contributed by atoms with van der Waals surface area (Å²) in [4.78, 5) is 24.9. The zero-order chi connectivity index (χ0) is 23.1. The predicted octanol–water partition coefficient (Wildman–Crippen LogP) is 3.77. The molecule has 0 amide bonds. The number of aliphatic hydroxyl groups is 1. The van der Waals surface area contributed by atoms with Crippen molar-refractivity contribution in [2.75, 3.05) is 6.61 Å². The molecule has 0 unspecified atom stereocenters. The van der Waals surface area contributed by atoms with E-state index in [0.29, 0.717) is 12.3 Å². The summed E-state index contributed by atoms with van der Waals surface area (Å²) < 4.78 is 18.6. The lowest BCUT2D eigenvalue weighted by molar-refractivity contribution is -0.264. The van der Waals surface area contributed by atoms with Crippen LogP contribution in [0, 0.1) is 23.7 Å². The van der Waals surface area contributed by atoms with E-state index in [9.17, 15) is 14.7 Å². The molecule has 7 atom stereocenters. The van der Waals surface area contributed by atoms with Crippen LogP contribution in [0.2, 0.25) is 0 Å². The van der Waals surface area contributed by atoms with Crippen LogP contribution in [0.25, 0.3) is 6.08 Å². The molecular formula is C26H34O6. The minimum Gasteiger partial charge on any atom is -0.457 e. The van der Waals surface area contributed by atoms with E-state index in [-0.39, 0.29) is 23.7 Å². The molecule has 1 aromatic carbocycles. The number of carbonyl (C=O) groups excluding carboxylic acids is 2. The molecule has 1 aliphatic carbocycles. The SMILES string of the molecule is CC(C)[C@@]12C[C@@H](OC(=O)CO)[C@@](C)(O1)[C@@H]1CC[C@@H](C)[C@@H]1[C@H]2OC(=O)C=Cc1ccccc1. The summed E-state index contributed by atoms with van der Waals surface area (Å²) in [6, 6.07) is 9.64. The first kappa shape index (κ1) is 23.0. The van der Waals surface area contributed by atoms with Crippen LogP contribution >= 0.6 is 0 Å². The van der Waals surface area contributed by atoms with Gasteiger partial charge in [0, 0.05) is 18.4 Å². The highest BCUT2D eigenvalue weighted by Gasteiger charge is 2.72. The fourth-order valence-corrected chi connectivity index (χ4v) is 6.33. The summed E-state index contributed by atoms with van der Waals surface area (Å²) in [5, 5.41) is 9.25. The second-order valence-corrected chi connectivity index (χ2v) is 10.1. The monoisotopic (exact) mass is 442 g/mol. The molecule has 2 aliphatic heterocycles. The minimum absolute atomic E-state index is 0.0457. The fraction of sp³-hybridized carbons (Fsp3) is 0.615. The maximum absolute atomic E-state index is 12.9. The summed E-state index contributed by atoms with van der Waals surface area (Å²) in [7, 11) is 0. The Balaban J connectivity index is 1.65. The van der Waals surface area contributed by atoms with E-state index in [2.05, 4.69) is 20.8 Å². The van der Waals surface area contributed by atoms with Gasteiger partial charge in [0.2, 0.25) is 0 Å². The molecule has 1 N–H and O–H groups in total. The number of ether oxygens (including phenoxy) is 3.